The van der Waals surface area contributed by atoms with Gasteiger partial charge in [0, 0.05) is 31.6 Å². The van der Waals surface area contributed by atoms with Gasteiger partial charge in [-0.3, -0.25) is 9.59 Å². The van der Waals surface area contributed by atoms with Crippen LogP contribution in [0.2, 0.25) is 0 Å². The molecule has 0 saturated heterocycles. The third-order valence-electron chi connectivity index (χ3n) is 6.13. The first-order chi connectivity index (χ1) is 13.8. The maximum Gasteiger partial charge on any atom is 0.303 e. The van der Waals surface area contributed by atoms with Crippen LogP contribution in [0.3, 0.4) is 0 Å². The molecule has 29 heavy (non-hydrogen) atoms. The third-order valence-corrected chi connectivity index (χ3v) is 6.13. The second kappa shape index (κ2) is 11.2. The minimum atomic E-state index is -0.749. The van der Waals surface area contributed by atoms with Crippen molar-refractivity contribution in [2.24, 2.45) is 23.7 Å². The predicted molar refractivity (Wildman–Crippen MR) is 112 cm³/mol. The van der Waals surface area contributed by atoms with Crippen LogP contribution in [-0.2, 0) is 14.3 Å². The number of esters is 1. The first-order valence-electron chi connectivity index (χ1n) is 10.6. The number of carbonyl (C=O) groups is 2. The molecule has 0 aliphatic heterocycles. The van der Waals surface area contributed by atoms with Gasteiger partial charge in [0.05, 0.1) is 6.10 Å². The molecule has 2 rings (SSSR count). The molecule has 0 amide bonds. The van der Waals surface area contributed by atoms with Crippen molar-refractivity contribution in [3.05, 3.63) is 23.8 Å². The van der Waals surface area contributed by atoms with Gasteiger partial charge in [0.25, 0.3) is 0 Å². The number of fused-ring (bicyclic) bond motifs is 1. The molecule has 2 N–H and O–H groups in total. The lowest BCUT2D eigenvalue weighted by molar-refractivity contribution is -0.146. The average Bonchev–Trinajstić information content (AvgIpc) is 3.16. The normalized spacial score (nSPS) is 29.3. The highest BCUT2D eigenvalue weighted by molar-refractivity contribution is 5.66. The number of aliphatic carboxylic acids is 1. The standard InChI is InChI=1S/C24H34O5/c1-4-5-8-16(2)23(29-17(3)25)12-11-20-21-14-18(9-6-7-10-24(27)28)13-19(21)15-22(20)26/h9,11-12,16,19-23,26H,6-8,10,13-15H2,1-3H3,(H,27,28)/b12-11+,18-9+/t16?,19-,20+,21-,22+,23+/m0/s1. The van der Waals surface area contributed by atoms with E-state index in [0.717, 1.165) is 25.7 Å². The van der Waals surface area contributed by atoms with Crippen molar-refractivity contribution in [2.75, 3.05) is 0 Å². The molecule has 2 saturated carbocycles. The Labute approximate surface area is 174 Å². The number of rotatable bonds is 9. The van der Waals surface area contributed by atoms with Gasteiger partial charge in [-0.05, 0) is 56.9 Å². The molecule has 6 atom stereocenters. The topological polar surface area (TPSA) is 83.8 Å². The number of allylic oxidation sites excluding steroid dienone is 2. The molecule has 0 radical (unpaired) electrons. The van der Waals surface area contributed by atoms with Crippen LogP contribution in [0.5, 0.6) is 0 Å². The van der Waals surface area contributed by atoms with E-state index < -0.39 is 5.97 Å². The fourth-order valence-corrected chi connectivity index (χ4v) is 4.65. The number of carboxylic acid groups (broad SMARTS) is 1. The fraction of sp³-hybridized carbons (Fsp3) is 0.667. The lowest BCUT2D eigenvalue weighted by atomic mass is 9.89. The summed E-state index contributed by atoms with van der Waals surface area (Å²) >= 11 is 0. The Balaban J connectivity index is 2.00. The van der Waals surface area contributed by atoms with Gasteiger partial charge in [-0.25, -0.2) is 0 Å². The molecule has 0 aromatic carbocycles. The van der Waals surface area contributed by atoms with Gasteiger partial charge in [-0.2, -0.15) is 0 Å². The van der Waals surface area contributed by atoms with E-state index in [1.165, 1.54) is 12.5 Å². The Morgan fingerprint density at radius 1 is 1.34 bits per heavy atom. The quantitative estimate of drug-likeness (QED) is 0.262. The molecule has 5 nitrogen and oxygen atoms in total. The Hall–Kier alpha value is -2.06. The van der Waals surface area contributed by atoms with Gasteiger partial charge >= 0.3 is 11.9 Å². The molecule has 160 valence electrons. The van der Waals surface area contributed by atoms with Gasteiger partial charge in [0.15, 0.2) is 0 Å². The van der Waals surface area contributed by atoms with E-state index in [1.807, 2.05) is 19.1 Å². The molecular weight excluding hydrogens is 368 g/mol. The number of carboxylic acids is 1. The van der Waals surface area contributed by atoms with Gasteiger partial charge in [-0.15, -0.1) is 11.8 Å². The maximum absolute atomic E-state index is 11.5. The molecule has 2 fully saturated rings. The zero-order chi connectivity index (χ0) is 21.4. The van der Waals surface area contributed by atoms with Gasteiger partial charge in [-0.1, -0.05) is 24.6 Å². The number of carbonyl (C=O) groups excluding carboxylic acids is 1. The van der Waals surface area contributed by atoms with Crippen molar-refractivity contribution in [1.82, 2.24) is 0 Å². The summed E-state index contributed by atoms with van der Waals surface area (Å²) in [5.41, 5.74) is 1.39. The van der Waals surface area contributed by atoms with Crippen molar-refractivity contribution >= 4 is 11.9 Å². The monoisotopic (exact) mass is 402 g/mol. The SMILES string of the molecule is CC#CCC(C)[C@@H](/C=C/[C@@H]1[C@H]2C/C(=C/CCCC(=O)O)C[C@H]2C[C@H]1O)OC(C)=O. The minimum Gasteiger partial charge on any atom is -0.481 e. The lowest BCUT2D eigenvalue weighted by Crippen LogP contribution is -2.23. The summed E-state index contributed by atoms with van der Waals surface area (Å²) in [6, 6.07) is 0. The molecule has 0 aromatic rings. The summed E-state index contributed by atoms with van der Waals surface area (Å²) in [6.07, 6.45) is 10.6. The molecule has 0 aromatic heterocycles. The first-order valence-corrected chi connectivity index (χ1v) is 10.6. The minimum absolute atomic E-state index is 0.0624. The fourth-order valence-electron chi connectivity index (χ4n) is 4.65. The van der Waals surface area contributed by atoms with Crippen LogP contribution >= 0.6 is 0 Å². The highest BCUT2D eigenvalue weighted by Crippen LogP contribution is 2.50. The largest absolute Gasteiger partial charge is 0.481 e. The first kappa shape index (κ1) is 23.2. The van der Waals surface area contributed by atoms with Gasteiger partial charge in [0.1, 0.15) is 6.10 Å². The van der Waals surface area contributed by atoms with Crippen LogP contribution in [0, 0.1) is 35.5 Å². The van der Waals surface area contributed by atoms with E-state index in [4.69, 9.17) is 9.84 Å². The van der Waals surface area contributed by atoms with E-state index >= 15 is 0 Å². The van der Waals surface area contributed by atoms with Gasteiger partial charge in [0.2, 0.25) is 0 Å². The van der Waals surface area contributed by atoms with E-state index in [2.05, 4.69) is 17.9 Å². The Morgan fingerprint density at radius 3 is 2.76 bits per heavy atom. The van der Waals surface area contributed by atoms with Gasteiger partial charge < -0.3 is 14.9 Å². The number of aliphatic hydroxyl groups excluding tert-OH is 1. The molecule has 5 heteroatoms. The number of aliphatic hydroxyl groups is 1. The summed E-state index contributed by atoms with van der Waals surface area (Å²) < 4.78 is 5.49. The Bertz CT molecular complexity index is 696. The van der Waals surface area contributed by atoms with Crippen LogP contribution in [0.25, 0.3) is 0 Å². The smallest absolute Gasteiger partial charge is 0.303 e. The molecular formula is C24H34O5. The number of unbranched alkanes of at least 4 members (excludes halogenated alkanes) is 1. The van der Waals surface area contributed by atoms with Crippen molar-refractivity contribution in [3.63, 3.8) is 0 Å². The molecule has 0 bridgehead atoms. The second-order valence-electron chi connectivity index (χ2n) is 8.43. The average molecular weight is 403 g/mol. The molecule has 0 spiro atoms. The van der Waals surface area contributed by atoms with Crippen LogP contribution in [0.1, 0.15) is 65.7 Å². The summed E-state index contributed by atoms with van der Waals surface area (Å²) in [5, 5.41) is 19.3. The van der Waals surface area contributed by atoms with E-state index in [0.29, 0.717) is 24.7 Å². The maximum atomic E-state index is 11.5. The van der Waals surface area contributed by atoms with Crippen molar-refractivity contribution in [1.29, 1.82) is 0 Å². The highest BCUT2D eigenvalue weighted by Gasteiger charge is 2.45. The Morgan fingerprint density at radius 2 is 2.10 bits per heavy atom. The summed E-state index contributed by atoms with van der Waals surface area (Å²) in [5.74, 6) is 5.89. The number of hydrogen-bond acceptors (Lipinski definition) is 4. The van der Waals surface area contributed by atoms with Crippen LogP contribution in [-0.4, -0.2) is 34.4 Å². The third kappa shape index (κ3) is 7.04. The summed E-state index contributed by atoms with van der Waals surface area (Å²) in [6.45, 7) is 5.23. The van der Waals surface area contributed by atoms with E-state index in [9.17, 15) is 14.7 Å². The lowest BCUT2D eigenvalue weighted by Gasteiger charge is -2.22. The van der Waals surface area contributed by atoms with Crippen molar-refractivity contribution in [3.8, 4) is 11.8 Å². The van der Waals surface area contributed by atoms with Crippen molar-refractivity contribution in [2.45, 2.75) is 77.9 Å². The van der Waals surface area contributed by atoms with Crippen LogP contribution < -0.4 is 0 Å². The zero-order valence-electron chi connectivity index (χ0n) is 17.8. The van der Waals surface area contributed by atoms with Crippen LogP contribution in [0.4, 0.5) is 0 Å². The summed E-state index contributed by atoms with van der Waals surface area (Å²) in [4.78, 5) is 22.1. The molecule has 2 aliphatic rings. The molecule has 1 unspecified atom stereocenters. The number of hydrogen-bond donors (Lipinski definition) is 2. The molecule has 0 heterocycles. The molecule has 2 aliphatic carbocycles. The second-order valence-corrected chi connectivity index (χ2v) is 8.43. The van der Waals surface area contributed by atoms with E-state index in [-0.39, 0.29) is 36.4 Å². The highest BCUT2D eigenvalue weighted by atomic mass is 16.5. The zero-order valence-corrected chi connectivity index (χ0v) is 17.8. The number of ether oxygens (including phenoxy) is 1. The van der Waals surface area contributed by atoms with Crippen LogP contribution in [0.15, 0.2) is 23.8 Å². The van der Waals surface area contributed by atoms with Crippen molar-refractivity contribution < 1.29 is 24.5 Å². The Kier molecular flexibility index (Phi) is 8.98. The van der Waals surface area contributed by atoms with E-state index in [1.54, 1.807) is 6.92 Å². The predicted octanol–water partition coefficient (Wildman–Crippen LogP) is 4.11. The summed E-state index contributed by atoms with van der Waals surface area (Å²) in [7, 11) is 0.